The van der Waals surface area contributed by atoms with Gasteiger partial charge in [-0.1, -0.05) is 30.3 Å². The molecule has 1 aliphatic rings. The molecule has 0 unspecified atom stereocenters. The van der Waals surface area contributed by atoms with Crippen LogP contribution in [-0.2, 0) is 4.74 Å². The molecule has 8 nitrogen and oxygen atoms in total. The number of morpholine rings is 1. The molecule has 1 aliphatic heterocycles. The number of rotatable bonds is 6. The van der Waals surface area contributed by atoms with E-state index in [0.717, 1.165) is 36.2 Å². The average Bonchev–Trinajstić information content (AvgIpc) is 3.11. The van der Waals surface area contributed by atoms with Gasteiger partial charge in [-0.15, -0.1) is 4.37 Å². The molecule has 2 aromatic rings. The van der Waals surface area contributed by atoms with Crippen LogP contribution in [-0.4, -0.2) is 52.5 Å². The molecule has 0 saturated carbocycles. The zero-order valence-electron chi connectivity index (χ0n) is 13.4. The lowest BCUT2D eigenvalue weighted by molar-refractivity contribution is 0.122. The first-order valence-corrected chi connectivity index (χ1v) is 8.83. The molecule has 3 N–H and O–H groups in total. The minimum Gasteiger partial charge on any atom is -0.468 e. The number of aromatic nitrogens is 2. The van der Waals surface area contributed by atoms with Crippen molar-refractivity contribution < 1.29 is 9.47 Å². The lowest BCUT2D eigenvalue weighted by atomic mass is 10.1. The average molecular weight is 378 g/mol. The molecule has 0 amide bonds. The summed E-state index contributed by atoms with van der Waals surface area (Å²) in [5.74, 6) is 1.23. The van der Waals surface area contributed by atoms with Gasteiger partial charge >= 0.3 is 0 Å². The highest BCUT2D eigenvalue weighted by Crippen LogP contribution is 2.26. The summed E-state index contributed by atoms with van der Waals surface area (Å²) in [6.45, 7) is 3.09. The third kappa shape index (κ3) is 4.84. The predicted molar refractivity (Wildman–Crippen MR) is 101 cm³/mol. The van der Waals surface area contributed by atoms with Crippen LogP contribution in [0, 0.1) is 0 Å². The minimum absolute atomic E-state index is 0.0951. The van der Waals surface area contributed by atoms with Gasteiger partial charge in [0.2, 0.25) is 5.82 Å². The molecule has 1 fully saturated rings. The van der Waals surface area contributed by atoms with Crippen LogP contribution in [0.2, 0.25) is 0 Å². The van der Waals surface area contributed by atoms with Crippen LogP contribution >= 0.6 is 23.9 Å². The first kappa shape index (κ1) is 17.5. The molecule has 2 heterocycles. The summed E-state index contributed by atoms with van der Waals surface area (Å²) in [4.78, 5) is 2.11. The Hall–Kier alpha value is -2.30. The second-order valence-electron chi connectivity index (χ2n) is 5.18. The maximum absolute atomic E-state index is 5.88. The molecule has 0 bridgehead atoms. The van der Waals surface area contributed by atoms with Gasteiger partial charge in [0, 0.05) is 18.7 Å². The number of nitrogens with zero attached hydrogens (tertiary/aromatic N) is 4. The first-order chi connectivity index (χ1) is 12.2. The maximum Gasteiger partial charge on any atom is 0.271 e. The summed E-state index contributed by atoms with van der Waals surface area (Å²) in [5.41, 5.74) is 9.64. The van der Waals surface area contributed by atoms with E-state index in [2.05, 4.69) is 24.2 Å². The summed E-state index contributed by atoms with van der Waals surface area (Å²) in [6, 6.07) is 9.66. The van der Waals surface area contributed by atoms with Gasteiger partial charge in [-0.3, -0.25) is 5.43 Å². The van der Waals surface area contributed by atoms with Gasteiger partial charge in [0.15, 0.2) is 5.11 Å². The van der Waals surface area contributed by atoms with Crippen LogP contribution in [0.15, 0.2) is 35.4 Å². The number of thiocarbonyl (C=S) groups is 1. The number of benzene rings is 1. The van der Waals surface area contributed by atoms with E-state index in [-0.39, 0.29) is 11.7 Å². The first-order valence-electron chi connectivity index (χ1n) is 7.69. The second-order valence-corrected chi connectivity index (χ2v) is 6.15. The Balaban J connectivity index is 1.72. The van der Waals surface area contributed by atoms with E-state index in [1.54, 1.807) is 0 Å². The Morgan fingerprint density at radius 1 is 1.32 bits per heavy atom. The molecular formula is C15H18N6O2S2. The number of nitrogens with one attached hydrogen (secondary N) is 1. The fourth-order valence-corrected chi connectivity index (χ4v) is 2.87. The molecule has 3 rings (SSSR count). The Morgan fingerprint density at radius 2 is 2.08 bits per heavy atom. The van der Waals surface area contributed by atoms with Crippen molar-refractivity contribution in [1.29, 1.82) is 0 Å². The summed E-state index contributed by atoms with van der Waals surface area (Å²) in [7, 11) is 0. The van der Waals surface area contributed by atoms with Crippen LogP contribution in [0.5, 0.6) is 5.88 Å². The summed E-state index contributed by atoms with van der Waals surface area (Å²) in [6.07, 6.45) is 0. The molecule has 25 heavy (non-hydrogen) atoms. The number of nitrogens with two attached hydrogens (primary N) is 1. The summed E-state index contributed by atoms with van der Waals surface area (Å²) in [5, 5.41) is 4.33. The van der Waals surface area contributed by atoms with E-state index < -0.39 is 0 Å². The van der Waals surface area contributed by atoms with E-state index in [1.165, 1.54) is 0 Å². The zero-order chi connectivity index (χ0) is 17.5. The molecule has 0 atom stereocenters. The Bertz CT molecular complexity index is 731. The monoisotopic (exact) mass is 378 g/mol. The summed E-state index contributed by atoms with van der Waals surface area (Å²) >= 11 is 5.94. The third-order valence-corrected chi connectivity index (χ3v) is 4.10. The molecular weight excluding hydrogens is 360 g/mol. The molecule has 0 radical (unpaired) electrons. The molecule has 132 valence electrons. The van der Waals surface area contributed by atoms with Crippen LogP contribution in [0.1, 0.15) is 5.56 Å². The lowest BCUT2D eigenvalue weighted by Gasteiger charge is -2.26. The molecule has 10 heteroatoms. The third-order valence-electron chi connectivity index (χ3n) is 3.51. The fourth-order valence-electron chi connectivity index (χ4n) is 2.31. The zero-order valence-corrected chi connectivity index (χ0v) is 15.1. The van der Waals surface area contributed by atoms with Crippen LogP contribution in [0.25, 0.3) is 0 Å². The SMILES string of the molecule is NC(=S)NN=C(COc1nsnc1N1CCOCC1)c1ccccc1. The van der Waals surface area contributed by atoms with Crippen molar-refractivity contribution in [1.82, 2.24) is 14.2 Å². The smallest absolute Gasteiger partial charge is 0.271 e. The maximum atomic E-state index is 5.88. The van der Waals surface area contributed by atoms with Gasteiger partial charge < -0.3 is 20.1 Å². The highest BCUT2D eigenvalue weighted by molar-refractivity contribution is 7.80. The Labute approximate surface area is 155 Å². The number of ether oxygens (including phenoxy) is 2. The van der Waals surface area contributed by atoms with Crippen molar-refractivity contribution in [3.05, 3.63) is 35.9 Å². The highest BCUT2D eigenvalue weighted by Gasteiger charge is 2.20. The van der Waals surface area contributed by atoms with Gasteiger partial charge in [0.05, 0.1) is 24.9 Å². The van der Waals surface area contributed by atoms with E-state index in [0.29, 0.717) is 24.8 Å². The van der Waals surface area contributed by atoms with Crippen LogP contribution in [0.4, 0.5) is 5.82 Å². The van der Waals surface area contributed by atoms with E-state index in [9.17, 15) is 0 Å². The normalized spacial score (nSPS) is 15.0. The molecule has 1 aromatic carbocycles. The minimum atomic E-state index is 0.0951. The van der Waals surface area contributed by atoms with Crippen molar-refractivity contribution in [3.63, 3.8) is 0 Å². The van der Waals surface area contributed by atoms with Crippen molar-refractivity contribution in [2.75, 3.05) is 37.8 Å². The lowest BCUT2D eigenvalue weighted by Crippen LogP contribution is -2.36. The van der Waals surface area contributed by atoms with Crippen LogP contribution < -0.4 is 20.8 Å². The number of hydrazone groups is 1. The van der Waals surface area contributed by atoms with Gasteiger partial charge in [-0.2, -0.15) is 9.47 Å². The fraction of sp³-hybridized carbons (Fsp3) is 0.333. The Morgan fingerprint density at radius 3 is 2.80 bits per heavy atom. The largest absolute Gasteiger partial charge is 0.468 e. The van der Waals surface area contributed by atoms with Crippen molar-refractivity contribution in [3.8, 4) is 5.88 Å². The van der Waals surface area contributed by atoms with Gasteiger partial charge in [-0.05, 0) is 12.2 Å². The van der Waals surface area contributed by atoms with E-state index in [1.807, 2.05) is 30.3 Å². The topological polar surface area (TPSA) is 97.9 Å². The molecule has 0 spiro atoms. The molecule has 1 aromatic heterocycles. The van der Waals surface area contributed by atoms with E-state index >= 15 is 0 Å². The standard InChI is InChI=1S/C15H18N6O2S2/c16-15(24)18-17-12(11-4-2-1-3-5-11)10-23-14-13(19-25-20-14)21-6-8-22-9-7-21/h1-5H,6-10H2,(H3,16,18,24). The predicted octanol–water partition coefficient (Wildman–Crippen LogP) is 0.991. The molecule has 1 saturated heterocycles. The highest BCUT2D eigenvalue weighted by atomic mass is 32.1. The second kappa shape index (κ2) is 8.70. The van der Waals surface area contributed by atoms with E-state index in [4.69, 9.17) is 27.4 Å². The van der Waals surface area contributed by atoms with Crippen LogP contribution in [0.3, 0.4) is 0 Å². The van der Waals surface area contributed by atoms with Crippen molar-refractivity contribution in [2.24, 2.45) is 10.8 Å². The van der Waals surface area contributed by atoms with Gasteiger partial charge in [0.1, 0.15) is 12.3 Å². The van der Waals surface area contributed by atoms with Gasteiger partial charge in [0.25, 0.3) is 5.88 Å². The number of hydrogen-bond donors (Lipinski definition) is 2. The van der Waals surface area contributed by atoms with Crippen molar-refractivity contribution >= 4 is 40.6 Å². The quantitative estimate of drug-likeness (QED) is 0.436. The summed E-state index contributed by atoms with van der Waals surface area (Å²) < 4.78 is 19.8. The van der Waals surface area contributed by atoms with Gasteiger partial charge in [-0.25, -0.2) is 0 Å². The van der Waals surface area contributed by atoms with Crippen molar-refractivity contribution in [2.45, 2.75) is 0 Å². The number of hydrogen-bond acceptors (Lipinski definition) is 8. The molecule has 0 aliphatic carbocycles. The number of anilines is 1. The Kier molecular flexibility index (Phi) is 6.09.